The number of rotatable bonds is 4. The Bertz CT molecular complexity index is 901. The van der Waals surface area contributed by atoms with Gasteiger partial charge in [-0.2, -0.15) is 0 Å². The molecule has 130 valence electrons. The minimum absolute atomic E-state index is 0.0297. The number of β-amino-alcohol motifs (C(OH)–C–C–N with tert-alkyl or cyclic N) is 1. The lowest BCUT2D eigenvalue weighted by Gasteiger charge is -2.23. The van der Waals surface area contributed by atoms with Gasteiger partial charge >= 0.3 is 0 Å². The van der Waals surface area contributed by atoms with E-state index in [9.17, 15) is 9.90 Å². The first kappa shape index (κ1) is 15.8. The van der Waals surface area contributed by atoms with Gasteiger partial charge < -0.3 is 14.6 Å². The van der Waals surface area contributed by atoms with Crippen molar-refractivity contribution in [1.29, 1.82) is 0 Å². The summed E-state index contributed by atoms with van der Waals surface area (Å²) >= 11 is 0. The van der Waals surface area contributed by atoms with Crippen LogP contribution in [0.3, 0.4) is 0 Å². The van der Waals surface area contributed by atoms with Gasteiger partial charge in [0.1, 0.15) is 5.60 Å². The Balaban J connectivity index is 1.58. The van der Waals surface area contributed by atoms with E-state index in [0.29, 0.717) is 31.6 Å². The second-order valence-electron chi connectivity index (χ2n) is 6.65. The molecular weight excluding hydrogens is 318 g/mol. The summed E-state index contributed by atoms with van der Waals surface area (Å²) in [4.78, 5) is 14.8. The van der Waals surface area contributed by atoms with Crippen LogP contribution in [0, 0.1) is 0 Å². The maximum Gasteiger partial charge on any atom is 0.256 e. The van der Waals surface area contributed by atoms with Crippen LogP contribution >= 0.6 is 0 Å². The number of amides is 1. The van der Waals surface area contributed by atoms with Crippen LogP contribution in [0.5, 0.6) is 0 Å². The number of para-hydroxylation sites is 1. The summed E-state index contributed by atoms with van der Waals surface area (Å²) < 4.78 is 3.69. The molecule has 1 N–H and O–H groups in total. The van der Waals surface area contributed by atoms with E-state index in [1.54, 1.807) is 22.0 Å². The average Bonchev–Trinajstić information content (AvgIpc) is 3.33. The van der Waals surface area contributed by atoms with E-state index >= 15 is 0 Å². The lowest BCUT2D eigenvalue weighted by molar-refractivity contribution is 0.0267. The molecule has 7 heteroatoms. The first-order chi connectivity index (χ1) is 12.1. The van der Waals surface area contributed by atoms with Crippen LogP contribution in [0.2, 0.25) is 0 Å². The summed E-state index contributed by atoms with van der Waals surface area (Å²) in [6.07, 6.45) is 5.75. The van der Waals surface area contributed by atoms with Crippen molar-refractivity contribution < 1.29 is 9.90 Å². The fraction of sp³-hybridized carbons (Fsp3) is 0.389. The summed E-state index contributed by atoms with van der Waals surface area (Å²) in [5, 5.41) is 19.4. The van der Waals surface area contributed by atoms with Crippen molar-refractivity contribution in [1.82, 2.24) is 24.5 Å². The molecule has 1 saturated heterocycles. The number of benzene rings is 1. The molecule has 0 spiro atoms. The van der Waals surface area contributed by atoms with Crippen molar-refractivity contribution in [3.8, 4) is 0 Å². The van der Waals surface area contributed by atoms with Gasteiger partial charge in [-0.05, 0) is 19.4 Å². The molecule has 25 heavy (non-hydrogen) atoms. The van der Waals surface area contributed by atoms with Crippen molar-refractivity contribution in [3.05, 3.63) is 48.4 Å². The van der Waals surface area contributed by atoms with E-state index in [1.807, 2.05) is 30.5 Å². The number of carbonyl (C=O) groups is 1. The van der Waals surface area contributed by atoms with Crippen molar-refractivity contribution in [2.75, 3.05) is 13.1 Å². The molecule has 0 bridgehead atoms. The highest BCUT2D eigenvalue weighted by Crippen LogP contribution is 2.28. The lowest BCUT2D eigenvalue weighted by atomic mass is 10.0. The summed E-state index contributed by atoms with van der Waals surface area (Å²) in [5.41, 5.74) is 0.792. The van der Waals surface area contributed by atoms with Crippen LogP contribution < -0.4 is 0 Å². The molecule has 1 unspecified atom stereocenters. The molecule has 3 heterocycles. The van der Waals surface area contributed by atoms with E-state index in [4.69, 9.17) is 0 Å². The van der Waals surface area contributed by atoms with E-state index in [1.165, 1.54) is 0 Å². The van der Waals surface area contributed by atoms with Crippen LogP contribution in [-0.2, 0) is 13.1 Å². The van der Waals surface area contributed by atoms with Gasteiger partial charge in [0.25, 0.3) is 5.91 Å². The second kappa shape index (κ2) is 6.00. The highest BCUT2D eigenvalue weighted by atomic mass is 16.3. The second-order valence-corrected chi connectivity index (χ2v) is 6.65. The van der Waals surface area contributed by atoms with Gasteiger partial charge in [-0.3, -0.25) is 4.79 Å². The van der Waals surface area contributed by atoms with Gasteiger partial charge in [0, 0.05) is 36.4 Å². The molecule has 1 fully saturated rings. The van der Waals surface area contributed by atoms with Crippen LogP contribution in [0.25, 0.3) is 10.9 Å². The van der Waals surface area contributed by atoms with Gasteiger partial charge in [0.15, 0.2) is 0 Å². The summed E-state index contributed by atoms with van der Waals surface area (Å²) in [6.45, 7) is 4.05. The predicted molar refractivity (Wildman–Crippen MR) is 93.1 cm³/mol. The van der Waals surface area contributed by atoms with Crippen molar-refractivity contribution in [3.63, 3.8) is 0 Å². The summed E-state index contributed by atoms with van der Waals surface area (Å²) in [7, 11) is 0. The monoisotopic (exact) mass is 339 g/mol. The highest BCUT2D eigenvalue weighted by molar-refractivity contribution is 6.07. The van der Waals surface area contributed by atoms with Gasteiger partial charge in [-0.15, -0.1) is 5.10 Å². The maximum atomic E-state index is 13.0. The minimum Gasteiger partial charge on any atom is -0.386 e. The number of hydrogen-bond acceptors (Lipinski definition) is 4. The number of nitrogens with zero attached hydrogens (tertiary/aromatic N) is 5. The quantitative estimate of drug-likeness (QED) is 0.782. The number of aryl methyl sites for hydroxylation is 1. The Kier molecular flexibility index (Phi) is 3.80. The smallest absolute Gasteiger partial charge is 0.256 e. The molecule has 4 rings (SSSR count). The number of fused-ring (bicyclic) bond motifs is 1. The number of aliphatic hydroxyl groups is 1. The average molecular weight is 339 g/mol. The van der Waals surface area contributed by atoms with E-state index in [2.05, 4.69) is 21.8 Å². The zero-order valence-corrected chi connectivity index (χ0v) is 14.2. The molecule has 3 aromatic rings. The molecule has 0 radical (unpaired) electrons. The van der Waals surface area contributed by atoms with Gasteiger partial charge in [-0.25, -0.2) is 4.68 Å². The third-order valence-electron chi connectivity index (χ3n) is 4.91. The van der Waals surface area contributed by atoms with Crippen molar-refractivity contribution >= 4 is 16.8 Å². The zero-order valence-electron chi connectivity index (χ0n) is 14.2. The number of aromatic nitrogens is 4. The van der Waals surface area contributed by atoms with Crippen LogP contribution in [0.1, 0.15) is 23.7 Å². The van der Waals surface area contributed by atoms with Crippen molar-refractivity contribution in [2.24, 2.45) is 0 Å². The van der Waals surface area contributed by atoms with E-state index in [-0.39, 0.29) is 5.91 Å². The van der Waals surface area contributed by atoms with Crippen LogP contribution in [0.15, 0.2) is 42.9 Å². The van der Waals surface area contributed by atoms with Gasteiger partial charge in [-0.1, -0.05) is 23.4 Å². The summed E-state index contributed by atoms with van der Waals surface area (Å²) in [5.74, 6) is -0.0297. The third kappa shape index (κ3) is 2.80. The first-order valence-corrected chi connectivity index (χ1v) is 8.53. The normalized spacial score (nSPS) is 20.5. The number of likely N-dealkylation sites (tertiary alicyclic amines) is 1. The molecular formula is C18H21N5O2. The number of hydrogen-bond donors (Lipinski definition) is 1. The minimum atomic E-state index is -0.966. The molecule has 0 saturated carbocycles. The predicted octanol–water partition coefficient (Wildman–Crippen LogP) is 1.53. The van der Waals surface area contributed by atoms with Crippen LogP contribution in [-0.4, -0.2) is 54.2 Å². The fourth-order valence-electron chi connectivity index (χ4n) is 3.63. The SMILES string of the molecule is CCn1cc(C(=O)N2CCC(O)(Cn3ccnn3)C2)c2ccccc21. The molecule has 0 aliphatic carbocycles. The molecule has 1 aliphatic rings. The van der Waals surface area contributed by atoms with E-state index < -0.39 is 5.60 Å². The Morgan fingerprint density at radius 2 is 2.20 bits per heavy atom. The standard InChI is InChI=1S/C18H21N5O2/c1-2-21-11-15(14-5-3-4-6-16(14)21)17(24)22-9-7-18(25,12-22)13-23-10-8-19-20-23/h3-6,8,10-11,25H,2,7,9,12-13H2,1H3. The molecule has 1 atom stereocenters. The maximum absolute atomic E-state index is 13.0. The largest absolute Gasteiger partial charge is 0.386 e. The third-order valence-corrected chi connectivity index (χ3v) is 4.91. The van der Waals surface area contributed by atoms with Crippen LogP contribution in [0.4, 0.5) is 0 Å². The Morgan fingerprint density at radius 3 is 2.96 bits per heavy atom. The zero-order chi connectivity index (χ0) is 17.4. The van der Waals surface area contributed by atoms with Crippen molar-refractivity contribution in [2.45, 2.75) is 32.0 Å². The van der Waals surface area contributed by atoms with Gasteiger partial charge in [0.2, 0.25) is 0 Å². The molecule has 1 amide bonds. The topological polar surface area (TPSA) is 76.2 Å². The van der Waals surface area contributed by atoms with Gasteiger partial charge in [0.05, 0.1) is 24.8 Å². The highest BCUT2D eigenvalue weighted by Gasteiger charge is 2.39. The lowest BCUT2D eigenvalue weighted by Crippen LogP contribution is -2.39. The molecule has 1 aromatic carbocycles. The molecule has 2 aromatic heterocycles. The summed E-state index contributed by atoms with van der Waals surface area (Å²) in [6, 6.07) is 7.94. The first-order valence-electron chi connectivity index (χ1n) is 8.53. The number of carbonyl (C=O) groups excluding carboxylic acids is 1. The van der Waals surface area contributed by atoms with E-state index in [0.717, 1.165) is 17.4 Å². The Morgan fingerprint density at radius 1 is 1.36 bits per heavy atom. The fourth-order valence-corrected chi connectivity index (χ4v) is 3.63. The molecule has 7 nitrogen and oxygen atoms in total. The molecule has 1 aliphatic heterocycles. The Labute approximate surface area is 145 Å². The Hall–Kier alpha value is -2.67.